The molecule has 0 heterocycles. The zero-order valence-corrected chi connectivity index (χ0v) is 13.4. The van der Waals surface area contributed by atoms with E-state index in [9.17, 15) is 20.0 Å². The lowest BCUT2D eigenvalue weighted by atomic mass is 10.1. The minimum Gasteiger partial charge on any atom is -0.502 e. The SMILES string of the molecule is COc1ccccc1CCN(C)C(=O)c1ccc([N+](=O)[O-])c(O)c1. The van der Waals surface area contributed by atoms with E-state index in [0.717, 1.165) is 23.4 Å². The molecule has 0 fully saturated rings. The number of hydrogen-bond donors (Lipinski definition) is 1. The first-order valence-electron chi connectivity index (χ1n) is 7.28. The van der Waals surface area contributed by atoms with Crippen molar-refractivity contribution in [2.75, 3.05) is 20.7 Å². The van der Waals surface area contributed by atoms with Crippen LogP contribution < -0.4 is 4.74 Å². The molecule has 7 nitrogen and oxygen atoms in total. The van der Waals surface area contributed by atoms with Gasteiger partial charge in [0.05, 0.1) is 12.0 Å². The molecule has 2 rings (SSSR count). The number of likely N-dealkylation sites (N-methyl/N-ethyl adjacent to an activating group) is 1. The molecule has 0 aliphatic rings. The third-order valence-electron chi connectivity index (χ3n) is 3.67. The summed E-state index contributed by atoms with van der Waals surface area (Å²) in [5.74, 6) is -0.0922. The van der Waals surface area contributed by atoms with Gasteiger partial charge in [0.1, 0.15) is 5.75 Å². The van der Waals surface area contributed by atoms with Crippen LogP contribution in [0.5, 0.6) is 11.5 Å². The number of aromatic hydroxyl groups is 1. The molecule has 2 aromatic carbocycles. The summed E-state index contributed by atoms with van der Waals surface area (Å²) < 4.78 is 5.27. The Bertz CT molecular complexity index is 760. The molecule has 0 spiro atoms. The van der Waals surface area contributed by atoms with Gasteiger partial charge in [0, 0.05) is 25.2 Å². The molecule has 126 valence electrons. The average molecular weight is 330 g/mol. The van der Waals surface area contributed by atoms with E-state index >= 15 is 0 Å². The number of ether oxygens (including phenoxy) is 1. The Hall–Kier alpha value is -3.09. The number of benzene rings is 2. The fraction of sp³-hybridized carbons (Fsp3) is 0.235. The number of phenols is 1. The lowest BCUT2D eigenvalue weighted by molar-refractivity contribution is -0.385. The number of phenolic OH excluding ortho intramolecular Hbond substituents is 1. The van der Waals surface area contributed by atoms with Gasteiger partial charge in [-0.25, -0.2) is 0 Å². The molecule has 0 atom stereocenters. The molecule has 1 N–H and O–H groups in total. The van der Waals surface area contributed by atoms with Gasteiger partial charge in [-0.2, -0.15) is 0 Å². The van der Waals surface area contributed by atoms with Crippen LogP contribution in [0.3, 0.4) is 0 Å². The first-order chi connectivity index (χ1) is 11.4. The van der Waals surface area contributed by atoms with E-state index in [2.05, 4.69) is 0 Å². The normalized spacial score (nSPS) is 10.2. The Kier molecular flexibility index (Phi) is 5.36. The molecule has 1 amide bonds. The van der Waals surface area contributed by atoms with E-state index in [4.69, 9.17) is 4.74 Å². The van der Waals surface area contributed by atoms with Gasteiger partial charge in [0.15, 0.2) is 5.75 Å². The first-order valence-corrected chi connectivity index (χ1v) is 7.28. The number of carbonyl (C=O) groups is 1. The van der Waals surface area contributed by atoms with Crippen molar-refractivity contribution in [2.24, 2.45) is 0 Å². The van der Waals surface area contributed by atoms with Gasteiger partial charge in [-0.3, -0.25) is 14.9 Å². The monoisotopic (exact) mass is 330 g/mol. The van der Waals surface area contributed by atoms with Crippen molar-refractivity contribution in [3.63, 3.8) is 0 Å². The van der Waals surface area contributed by atoms with Gasteiger partial charge in [-0.15, -0.1) is 0 Å². The van der Waals surface area contributed by atoms with Crippen LogP contribution in [0.1, 0.15) is 15.9 Å². The fourth-order valence-electron chi connectivity index (χ4n) is 2.33. The highest BCUT2D eigenvalue weighted by molar-refractivity contribution is 5.94. The number of rotatable bonds is 6. The summed E-state index contributed by atoms with van der Waals surface area (Å²) in [7, 11) is 3.23. The van der Waals surface area contributed by atoms with Crippen LogP contribution in [0.25, 0.3) is 0 Å². The lowest BCUT2D eigenvalue weighted by Gasteiger charge is -2.18. The minimum atomic E-state index is -0.699. The second-order valence-electron chi connectivity index (χ2n) is 5.25. The van der Waals surface area contributed by atoms with Crippen molar-refractivity contribution in [3.05, 3.63) is 63.7 Å². The second kappa shape index (κ2) is 7.45. The van der Waals surface area contributed by atoms with Crippen molar-refractivity contribution in [2.45, 2.75) is 6.42 Å². The number of hydrogen-bond acceptors (Lipinski definition) is 5. The van der Waals surface area contributed by atoms with Crippen molar-refractivity contribution in [1.29, 1.82) is 0 Å². The third kappa shape index (κ3) is 3.81. The van der Waals surface area contributed by atoms with Crippen molar-refractivity contribution >= 4 is 11.6 Å². The third-order valence-corrected chi connectivity index (χ3v) is 3.67. The van der Waals surface area contributed by atoms with E-state index in [1.54, 1.807) is 14.2 Å². The molecule has 2 aromatic rings. The van der Waals surface area contributed by atoms with E-state index in [-0.39, 0.29) is 11.5 Å². The summed E-state index contributed by atoms with van der Waals surface area (Å²) in [6, 6.07) is 11.1. The maximum absolute atomic E-state index is 12.4. The summed E-state index contributed by atoms with van der Waals surface area (Å²) in [5, 5.41) is 20.3. The van der Waals surface area contributed by atoms with Crippen molar-refractivity contribution < 1.29 is 19.6 Å². The van der Waals surface area contributed by atoms with Crippen LogP contribution in [-0.2, 0) is 6.42 Å². The van der Waals surface area contributed by atoms with Crippen LogP contribution in [-0.4, -0.2) is 41.5 Å². The molecular weight excluding hydrogens is 312 g/mol. The van der Waals surface area contributed by atoms with Gasteiger partial charge in [0.25, 0.3) is 5.91 Å². The number of amides is 1. The molecule has 0 saturated carbocycles. The largest absolute Gasteiger partial charge is 0.502 e. The molecule has 0 unspecified atom stereocenters. The number of carbonyl (C=O) groups excluding carboxylic acids is 1. The van der Waals surface area contributed by atoms with E-state index < -0.39 is 16.4 Å². The molecule has 0 saturated heterocycles. The van der Waals surface area contributed by atoms with E-state index in [1.807, 2.05) is 24.3 Å². The van der Waals surface area contributed by atoms with E-state index in [1.165, 1.54) is 11.0 Å². The van der Waals surface area contributed by atoms with Crippen LogP contribution in [0.2, 0.25) is 0 Å². The Morgan fingerprint density at radius 3 is 2.62 bits per heavy atom. The zero-order chi connectivity index (χ0) is 17.7. The highest BCUT2D eigenvalue weighted by atomic mass is 16.6. The van der Waals surface area contributed by atoms with Gasteiger partial charge >= 0.3 is 5.69 Å². The smallest absolute Gasteiger partial charge is 0.310 e. The van der Waals surface area contributed by atoms with E-state index in [0.29, 0.717) is 13.0 Å². The summed E-state index contributed by atoms with van der Waals surface area (Å²) >= 11 is 0. The van der Waals surface area contributed by atoms with Crippen LogP contribution in [0, 0.1) is 10.1 Å². The molecule has 7 heteroatoms. The molecule has 0 bridgehead atoms. The van der Waals surface area contributed by atoms with Crippen molar-refractivity contribution in [3.8, 4) is 11.5 Å². The lowest BCUT2D eigenvalue weighted by Crippen LogP contribution is -2.28. The number of nitrogens with zero attached hydrogens (tertiary/aromatic N) is 2. The Balaban J connectivity index is 2.07. The van der Waals surface area contributed by atoms with Crippen molar-refractivity contribution in [1.82, 2.24) is 4.90 Å². The molecular formula is C17H18N2O5. The second-order valence-corrected chi connectivity index (χ2v) is 5.25. The molecule has 0 aliphatic heterocycles. The molecule has 0 radical (unpaired) electrons. The molecule has 0 aliphatic carbocycles. The number of nitro benzene ring substituents is 1. The molecule has 24 heavy (non-hydrogen) atoms. The quantitative estimate of drug-likeness (QED) is 0.649. The summed E-state index contributed by atoms with van der Waals surface area (Å²) in [6.45, 7) is 0.441. The van der Waals surface area contributed by atoms with Crippen LogP contribution in [0.15, 0.2) is 42.5 Å². The fourth-order valence-corrected chi connectivity index (χ4v) is 2.33. The van der Waals surface area contributed by atoms with Gasteiger partial charge in [-0.05, 0) is 30.2 Å². The minimum absolute atomic E-state index is 0.195. The predicted molar refractivity (Wildman–Crippen MR) is 88.4 cm³/mol. The number of para-hydroxylation sites is 1. The molecule has 0 aromatic heterocycles. The first kappa shape index (κ1) is 17.3. The number of nitro groups is 1. The van der Waals surface area contributed by atoms with Crippen LogP contribution in [0.4, 0.5) is 5.69 Å². The van der Waals surface area contributed by atoms with Gasteiger partial charge in [-0.1, -0.05) is 18.2 Å². The topological polar surface area (TPSA) is 92.9 Å². The zero-order valence-electron chi connectivity index (χ0n) is 13.4. The number of methoxy groups -OCH3 is 1. The summed E-state index contributed by atoms with van der Waals surface area (Å²) in [5.41, 5.74) is 0.745. The Labute approximate surface area is 139 Å². The standard InChI is InChI=1S/C17H18N2O5/c1-18(10-9-12-5-3-4-6-16(12)24-2)17(21)13-7-8-14(19(22)23)15(20)11-13/h3-8,11,20H,9-10H2,1-2H3. The average Bonchev–Trinajstić information content (AvgIpc) is 2.58. The highest BCUT2D eigenvalue weighted by Crippen LogP contribution is 2.26. The summed E-state index contributed by atoms with van der Waals surface area (Å²) in [6.07, 6.45) is 0.602. The highest BCUT2D eigenvalue weighted by Gasteiger charge is 2.18. The summed E-state index contributed by atoms with van der Waals surface area (Å²) in [4.78, 5) is 23.9. The van der Waals surface area contributed by atoms with Crippen LogP contribution >= 0.6 is 0 Å². The maximum Gasteiger partial charge on any atom is 0.310 e. The van der Waals surface area contributed by atoms with Gasteiger partial charge in [0.2, 0.25) is 0 Å². The Morgan fingerprint density at radius 2 is 2.00 bits per heavy atom. The Morgan fingerprint density at radius 1 is 1.29 bits per heavy atom. The predicted octanol–water partition coefficient (Wildman–Crippen LogP) is 2.62. The maximum atomic E-state index is 12.4. The van der Waals surface area contributed by atoms with Gasteiger partial charge < -0.3 is 14.7 Å².